The lowest BCUT2D eigenvalue weighted by molar-refractivity contribution is -0.137. The van der Waals surface area contributed by atoms with Crippen LogP contribution in [0.4, 0.5) is 13.2 Å². The van der Waals surface area contributed by atoms with Gasteiger partial charge < -0.3 is 4.74 Å². The highest BCUT2D eigenvalue weighted by Gasteiger charge is 2.35. The van der Waals surface area contributed by atoms with E-state index in [9.17, 15) is 13.2 Å². The van der Waals surface area contributed by atoms with Crippen LogP contribution in [0.25, 0.3) is 0 Å². The first kappa shape index (κ1) is 23.6. The van der Waals surface area contributed by atoms with E-state index >= 15 is 0 Å². The Hall–Kier alpha value is -2.57. The third kappa shape index (κ3) is 6.06. The van der Waals surface area contributed by atoms with Crippen molar-refractivity contribution in [1.29, 1.82) is 0 Å². The molecule has 3 nitrogen and oxygen atoms in total. The van der Waals surface area contributed by atoms with Gasteiger partial charge in [0.25, 0.3) is 0 Å². The van der Waals surface area contributed by atoms with Gasteiger partial charge in [-0.05, 0) is 49.2 Å². The predicted octanol–water partition coefficient (Wildman–Crippen LogP) is 6.83. The van der Waals surface area contributed by atoms with Crippen molar-refractivity contribution in [1.82, 2.24) is 9.88 Å². The summed E-state index contributed by atoms with van der Waals surface area (Å²) < 4.78 is 44.5. The van der Waals surface area contributed by atoms with Crippen LogP contribution < -0.4 is 4.74 Å². The third-order valence-electron chi connectivity index (χ3n) is 6.27. The van der Waals surface area contributed by atoms with E-state index in [-0.39, 0.29) is 23.8 Å². The van der Waals surface area contributed by atoms with Crippen LogP contribution in [-0.4, -0.2) is 29.1 Å². The quantitative estimate of drug-likeness (QED) is 0.391. The van der Waals surface area contributed by atoms with Crippen LogP contribution in [0.2, 0.25) is 5.02 Å². The number of hydrogen-bond donors (Lipinski definition) is 0. The van der Waals surface area contributed by atoms with Gasteiger partial charge in [-0.3, -0.25) is 4.90 Å². The van der Waals surface area contributed by atoms with Crippen molar-refractivity contribution in [2.24, 2.45) is 5.92 Å². The fourth-order valence-corrected chi connectivity index (χ4v) is 4.67. The number of halogens is 4. The zero-order valence-electron chi connectivity index (χ0n) is 18.3. The van der Waals surface area contributed by atoms with Crippen molar-refractivity contribution in [3.05, 3.63) is 94.6 Å². The molecule has 3 aromatic rings. The number of likely N-dealkylation sites (tertiary alicyclic amines) is 1. The molecule has 1 saturated heterocycles. The lowest BCUT2D eigenvalue weighted by Gasteiger charge is -2.41. The molecule has 2 aromatic carbocycles. The molecule has 1 aromatic heterocycles. The molecule has 174 valence electrons. The van der Waals surface area contributed by atoms with E-state index in [1.54, 1.807) is 0 Å². The van der Waals surface area contributed by atoms with Gasteiger partial charge in [-0.15, -0.1) is 0 Å². The maximum atomic E-state index is 12.8. The Balaban J connectivity index is 1.50. The summed E-state index contributed by atoms with van der Waals surface area (Å²) in [6.45, 7) is 4.61. The topological polar surface area (TPSA) is 25.4 Å². The first-order chi connectivity index (χ1) is 15.8. The second-order valence-corrected chi connectivity index (χ2v) is 8.97. The monoisotopic (exact) mass is 474 g/mol. The van der Waals surface area contributed by atoms with Gasteiger partial charge in [-0.1, -0.05) is 54.1 Å². The first-order valence-electron chi connectivity index (χ1n) is 11.0. The van der Waals surface area contributed by atoms with Gasteiger partial charge in [0.05, 0.1) is 5.56 Å². The van der Waals surface area contributed by atoms with Crippen LogP contribution in [0.15, 0.2) is 72.9 Å². The Labute approximate surface area is 197 Å². The van der Waals surface area contributed by atoms with Crippen LogP contribution in [0.3, 0.4) is 0 Å². The smallest absolute Gasteiger partial charge is 0.417 e. The highest BCUT2D eigenvalue weighted by atomic mass is 35.5. The summed E-state index contributed by atoms with van der Waals surface area (Å²) in [5, 5.41) is 0.686. The van der Waals surface area contributed by atoms with Gasteiger partial charge in [0.2, 0.25) is 5.88 Å². The summed E-state index contributed by atoms with van der Waals surface area (Å²) in [6, 6.07) is 20.6. The lowest BCUT2D eigenvalue weighted by Crippen LogP contribution is -2.43. The maximum Gasteiger partial charge on any atom is 0.417 e. The minimum absolute atomic E-state index is 0.183. The second kappa shape index (κ2) is 10.1. The number of ether oxygens (including phenoxy) is 1. The van der Waals surface area contributed by atoms with Crippen molar-refractivity contribution < 1.29 is 17.9 Å². The molecule has 4 rings (SSSR count). The molecular formula is C26H26ClF3N2O. The summed E-state index contributed by atoms with van der Waals surface area (Å²) in [5.41, 5.74) is 1.66. The predicted molar refractivity (Wildman–Crippen MR) is 123 cm³/mol. The molecule has 0 spiro atoms. The molecule has 0 unspecified atom stereocenters. The normalized spacial score (nSPS) is 20.4. The average molecular weight is 475 g/mol. The number of piperidine rings is 1. The molecule has 7 heteroatoms. The molecule has 0 bridgehead atoms. The Morgan fingerprint density at radius 1 is 1.06 bits per heavy atom. The molecule has 1 aliphatic rings. The largest absolute Gasteiger partial charge is 0.474 e. The molecule has 0 saturated carbocycles. The van der Waals surface area contributed by atoms with E-state index in [0.29, 0.717) is 5.02 Å². The highest BCUT2D eigenvalue weighted by molar-refractivity contribution is 6.30. The standard InChI is InChI=1S/C26H26ClF3N2O/c1-18(33-25-12-9-21(15-31-25)26(28,29)30)23-13-14-32(16-19-5-3-2-4-6-19)17-24(23)20-7-10-22(27)11-8-20/h2-12,15,18,23-24H,13-14,16-17H2,1H3/t18-,23+,24+/m0/s1. The molecule has 0 amide bonds. The van der Waals surface area contributed by atoms with E-state index in [0.717, 1.165) is 38.3 Å². The van der Waals surface area contributed by atoms with Gasteiger partial charge in [0, 0.05) is 42.2 Å². The van der Waals surface area contributed by atoms with Gasteiger partial charge in [-0.25, -0.2) is 4.98 Å². The van der Waals surface area contributed by atoms with Gasteiger partial charge in [-0.2, -0.15) is 13.2 Å². The summed E-state index contributed by atoms with van der Waals surface area (Å²) in [6.07, 6.45) is -2.90. The first-order valence-corrected chi connectivity index (χ1v) is 11.4. The number of pyridine rings is 1. The van der Waals surface area contributed by atoms with E-state index in [2.05, 4.69) is 34.1 Å². The third-order valence-corrected chi connectivity index (χ3v) is 6.52. The van der Waals surface area contributed by atoms with Gasteiger partial charge in [0.1, 0.15) is 6.10 Å². The van der Waals surface area contributed by atoms with E-state index in [1.165, 1.54) is 17.2 Å². The Morgan fingerprint density at radius 3 is 2.42 bits per heavy atom. The van der Waals surface area contributed by atoms with Crippen LogP contribution in [0, 0.1) is 5.92 Å². The maximum absolute atomic E-state index is 12.8. The Kier molecular flexibility index (Phi) is 7.25. The molecule has 1 aliphatic heterocycles. The van der Waals surface area contributed by atoms with Crippen LogP contribution in [0.5, 0.6) is 5.88 Å². The van der Waals surface area contributed by atoms with Gasteiger partial charge >= 0.3 is 6.18 Å². The SMILES string of the molecule is C[C@H](Oc1ccc(C(F)(F)F)cn1)[C@H]1CCN(Cc2ccccc2)C[C@@H]1c1ccc(Cl)cc1. The molecular weight excluding hydrogens is 449 g/mol. The fraction of sp³-hybridized carbons (Fsp3) is 0.346. The summed E-state index contributed by atoms with van der Waals surface area (Å²) in [7, 11) is 0. The highest BCUT2D eigenvalue weighted by Crippen LogP contribution is 2.37. The number of alkyl halides is 3. The minimum atomic E-state index is -4.41. The van der Waals surface area contributed by atoms with E-state index < -0.39 is 11.7 Å². The van der Waals surface area contributed by atoms with Crippen LogP contribution >= 0.6 is 11.6 Å². The average Bonchev–Trinajstić information content (AvgIpc) is 2.80. The van der Waals surface area contributed by atoms with E-state index in [1.807, 2.05) is 37.3 Å². The lowest BCUT2D eigenvalue weighted by atomic mass is 9.77. The molecule has 0 radical (unpaired) electrons. The number of aromatic nitrogens is 1. The zero-order chi connectivity index (χ0) is 23.4. The Morgan fingerprint density at radius 2 is 1.79 bits per heavy atom. The number of rotatable bonds is 6. The Bertz CT molecular complexity index is 1030. The number of hydrogen-bond acceptors (Lipinski definition) is 3. The summed E-state index contributed by atoms with van der Waals surface area (Å²) in [5.74, 6) is 0.587. The van der Waals surface area contributed by atoms with Gasteiger partial charge in [0.15, 0.2) is 0 Å². The zero-order valence-corrected chi connectivity index (χ0v) is 19.1. The molecule has 33 heavy (non-hydrogen) atoms. The fourth-order valence-electron chi connectivity index (χ4n) is 4.54. The van der Waals surface area contributed by atoms with Crippen molar-refractivity contribution in [3.8, 4) is 5.88 Å². The van der Waals surface area contributed by atoms with Crippen molar-refractivity contribution in [2.45, 2.75) is 38.1 Å². The minimum Gasteiger partial charge on any atom is -0.474 e. The van der Waals surface area contributed by atoms with Crippen LogP contribution in [-0.2, 0) is 12.7 Å². The second-order valence-electron chi connectivity index (χ2n) is 8.54. The van der Waals surface area contributed by atoms with E-state index in [4.69, 9.17) is 16.3 Å². The molecule has 0 N–H and O–H groups in total. The number of benzene rings is 2. The summed E-state index contributed by atoms with van der Waals surface area (Å²) >= 11 is 6.11. The van der Waals surface area contributed by atoms with Crippen molar-refractivity contribution in [3.63, 3.8) is 0 Å². The summed E-state index contributed by atoms with van der Waals surface area (Å²) in [4.78, 5) is 6.33. The van der Waals surface area contributed by atoms with Crippen molar-refractivity contribution >= 4 is 11.6 Å². The molecule has 1 fully saturated rings. The van der Waals surface area contributed by atoms with Crippen molar-refractivity contribution in [2.75, 3.05) is 13.1 Å². The molecule has 3 atom stereocenters. The van der Waals surface area contributed by atoms with Crippen LogP contribution in [0.1, 0.15) is 36.0 Å². The number of nitrogens with zero attached hydrogens (tertiary/aromatic N) is 2. The molecule has 0 aliphatic carbocycles. The molecule has 2 heterocycles.